The van der Waals surface area contributed by atoms with E-state index < -0.39 is 0 Å². The van der Waals surface area contributed by atoms with Gasteiger partial charge in [0, 0.05) is 33.6 Å². The molecule has 0 radical (unpaired) electrons. The van der Waals surface area contributed by atoms with Crippen molar-refractivity contribution < 1.29 is 4.79 Å². The molecule has 0 spiro atoms. The van der Waals surface area contributed by atoms with Crippen molar-refractivity contribution in [2.24, 2.45) is 14.1 Å². The number of hydrogen-bond acceptors (Lipinski definition) is 4. The predicted molar refractivity (Wildman–Crippen MR) is 157 cm³/mol. The number of hydrogen-bond donors (Lipinski definition) is 1. The molecule has 2 rings (SSSR count). The molecule has 8 heteroatoms. The van der Waals surface area contributed by atoms with Gasteiger partial charge in [0.1, 0.15) is 0 Å². The maximum atomic E-state index is 12.7. The Hall–Kier alpha value is -2.38. The summed E-state index contributed by atoms with van der Waals surface area (Å²) < 4.78 is 4.49. The quantitative estimate of drug-likeness (QED) is 0.189. The van der Waals surface area contributed by atoms with Crippen LogP contribution in [0.15, 0.2) is 15.9 Å². The molecule has 0 aromatic carbocycles. The van der Waals surface area contributed by atoms with Crippen LogP contribution in [0.4, 0.5) is 0 Å². The molecule has 2 aromatic rings. The Morgan fingerprint density at radius 2 is 1.29 bits per heavy atom. The van der Waals surface area contributed by atoms with Gasteiger partial charge >= 0.3 is 5.69 Å². The Morgan fingerprint density at radius 3 is 1.89 bits per heavy atom. The normalized spacial score (nSPS) is 11.4. The maximum Gasteiger partial charge on any atom is 0.332 e. The summed E-state index contributed by atoms with van der Waals surface area (Å²) in [6.07, 6.45) is 23.8. The lowest BCUT2D eigenvalue weighted by Gasteiger charge is -2.08. The second-order valence-electron chi connectivity index (χ2n) is 10.9. The number of nitrogens with one attached hydrogen (secondary N) is 1. The number of rotatable bonds is 22. The summed E-state index contributed by atoms with van der Waals surface area (Å²) in [7, 11) is 3.45. The number of fused-ring (bicyclic) bond motifs is 1. The first-order valence-corrected chi connectivity index (χ1v) is 15.3. The molecule has 216 valence electrons. The first-order valence-electron chi connectivity index (χ1n) is 15.3. The van der Waals surface area contributed by atoms with Crippen molar-refractivity contribution >= 4 is 17.1 Å². The molecule has 0 aliphatic rings. The summed E-state index contributed by atoms with van der Waals surface area (Å²) in [5.41, 5.74) is 0.379. The third kappa shape index (κ3) is 11.2. The van der Waals surface area contributed by atoms with Crippen molar-refractivity contribution in [1.82, 2.24) is 24.0 Å². The van der Waals surface area contributed by atoms with E-state index in [4.69, 9.17) is 0 Å². The minimum Gasteiger partial charge on any atom is -0.356 e. The number of carbonyl (C=O) groups excluding carboxylic acids is 1. The minimum absolute atomic E-state index is 0.216. The number of amides is 1. The van der Waals surface area contributed by atoms with E-state index in [2.05, 4.69) is 17.2 Å². The highest BCUT2D eigenvalue weighted by molar-refractivity contribution is 5.75. The van der Waals surface area contributed by atoms with E-state index in [0.717, 1.165) is 38.6 Å². The second kappa shape index (κ2) is 18.8. The van der Waals surface area contributed by atoms with Crippen molar-refractivity contribution in [1.29, 1.82) is 0 Å². The molecule has 1 N–H and O–H groups in total. The van der Waals surface area contributed by atoms with E-state index in [9.17, 15) is 14.4 Å². The molecule has 2 heterocycles. The van der Waals surface area contributed by atoms with Crippen LogP contribution < -0.4 is 16.6 Å². The van der Waals surface area contributed by atoms with Gasteiger partial charge in [-0.3, -0.25) is 18.7 Å². The Labute approximate surface area is 229 Å². The van der Waals surface area contributed by atoms with Gasteiger partial charge in [-0.25, -0.2) is 9.78 Å². The van der Waals surface area contributed by atoms with Gasteiger partial charge in [0.25, 0.3) is 5.56 Å². The molecule has 0 aliphatic heterocycles. The number of carbonyl (C=O) groups is 1. The lowest BCUT2D eigenvalue weighted by atomic mass is 10.1. The van der Waals surface area contributed by atoms with E-state index in [0.29, 0.717) is 24.1 Å². The van der Waals surface area contributed by atoms with Gasteiger partial charge in [-0.15, -0.1) is 0 Å². The summed E-state index contributed by atoms with van der Waals surface area (Å²) >= 11 is 0. The monoisotopic (exact) mass is 531 g/mol. The zero-order valence-electron chi connectivity index (χ0n) is 24.4. The highest BCUT2D eigenvalue weighted by Crippen LogP contribution is 2.12. The zero-order chi connectivity index (χ0) is 27.6. The maximum absolute atomic E-state index is 12.7. The first-order chi connectivity index (χ1) is 18.5. The van der Waals surface area contributed by atoms with Gasteiger partial charge < -0.3 is 9.88 Å². The minimum atomic E-state index is -0.291. The van der Waals surface area contributed by atoms with Gasteiger partial charge in [0.15, 0.2) is 11.2 Å². The lowest BCUT2D eigenvalue weighted by Crippen LogP contribution is -2.39. The summed E-state index contributed by atoms with van der Waals surface area (Å²) in [4.78, 5) is 41.4. The van der Waals surface area contributed by atoms with Crippen LogP contribution >= 0.6 is 0 Å². The van der Waals surface area contributed by atoms with Gasteiger partial charge in [0.2, 0.25) is 5.91 Å². The largest absolute Gasteiger partial charge is 0.356 e. The number of unbranched alkanes of at least 4 members (excludes halogenated alkanes) is 16. The van der Waals surface area contributed by atoms with Crippen LogP contribution in [0.3, 0.4) is 0 Å². The second-order valence-corrected chi connectivity index (χ2v) is 10.9. The molecule has 0 unspecified atom stereocenters. The van der Waals surface area contributed by atoms with Crippen LogP contribution in [0.5, 0.6) is 0 Å². The predicted octanol–water partition coefficient (Wildman–Crippen LogP) is 5.98. The molecule has 0 atom stereocenters. The highest BCUT2D eigenvalue weighted by Gasteiger charge is 2.14. The summed E-state index contributed by atoms with van der Waals surface area (Å²) in [5.74, 6) is 0.216. The fourth-order valence-corrected chi connectivity index (χ4v) is 5.14. The molecular formula is C30H53N5O3. The summed E-state index contributed by atoms with van der Waals surface area (Å²) in [6, 6.07) is 0. The molecule has 38 heavy (non-hydrogen) atoms. The van der Waals surface area contributed by atoms with Gasteiger partial charge in [-0.2, -0.15) is 0 Å². The van der Waals surface area contributed by atoms with E-state index in [1.165, 1.54) is 92.6 Å². The third-order valence-corrected chi connectivity index (χ3v) is 7.59. The van der Waals surface area contributed by atoms with Crippen molar-refractivity contribution in [3.05, 3.63) is 27.2 Å². The Balaban J connectivity index is 1.40. The highest BCUT2D eigenvalue weighted by atomic mass is 16.2. The average Bonchev–Trinajstić information content (AvgIpc) is 3.30. The zero-order valence-corrected chi connectivity index (χ0v) is 24.4. The standard InChI is InChI=1S/C30H53N5O3/c1-4-5-6-7-8-10-13-16-19-22-26(36)31-23-20-17-14-11-9-12-15-18-21-24-35-29(37)27-28(32-25-33(27)2)34(3)30(35)38/h25H,4-24H2,1-3H3,(H,31,36). The smallest absolute Gasteiger partial charge is 0.332 e. The van der Waals surface area contributed by atoms with Gasteiger partial charge in [-0.1, -0.05) is 103 Å². The van der Waals surface area contributed by atoms with Crippen molar-refractivity contribution in [3.8, 4) is 0 Å². The molecule has 0 aliphatic carbocycles. The van der Waals surface area contributed by atoms with Crippen molar-refractivity contribution in [3.63, 3.8) is 0 Å². The molecule has 0 saturated heterocycles. The molecule has 2 aromatic heterocycles. The number of aromatic nitrogens is 4. The molecule has 8 nitrogen and oxygen atoms in total. The number of imidazole rings is 1. The van der Waals surface area contributed by atoms with Crippen LogP contribution in [-0.2, 0) is 25.4 Å². The van der Waals surface area contributed by atoms with Crippen LogP contribution in [0.2, 0.25) is 0 Å². The van der Waals surface area contributed by atoms with Crippen molar-refractivity contribution in [2.75, 3.05) is 6.54 Å². The van der Waals surface area contributed by atoms with Gasteiger partial charge in [0.05, 0.1) is 6.33 Å². The van der Waals surface area contributed by atoms with Crippen LogP contribution in [0, 0.1) is 0 Å². The molecular weight excluding hydrogens is 478 g/mol. The Bertz CT molecular complexity index is 1050. The molecule has 0 saturated carbocycles. The summed E-state index contributed by atoms with van der Waals surface area (Å²) in [5, 5.41) is 3.08. The first kappa shape index (κ1) is 31.8. The van der Waals surface area contributed by atoms with Crippen LogP contribution in [-0.4, -0.2) is 31.1 Å². The van der Waals surface area contributed by atoms with Crippen LogP contribution in [0.1, 0.15) is 129 Å². The van der Waals surface area contributed by atoms with Gasteiger partial charge in [-0.05, 0) is 19.3 Å². The molecule has 0 fully saturated rings. The van der Waals surface area contributed by atoms with E-state index in [1.807, 2.05) is 0 Å². The Kier molecular flexibility index (Phi) is 15.8. The molecule has 0 bridgehead atoms. The Morgan fingerprint density at radius 1 is 0.763 bits per heavy atom. The molecule has 1 amide bonds. The van der Waals surface area contributed by atoms with Crippen molar-refractivity contribution in [2.45, 2.75) is 135 Å². The van der Waals surface area contributed by atoms with E-state index in [1.54, 1.807) is 25.0 Å². The number of aryl methyl sites for hydroxylation is 2. The third-order valence-electron chi connectivity index (χ3n) is 7.59. The summed E-state index contributed by atoms with van der Waals surface area (Å²) in [6.45, 7) is 3.51. The van der Waals surface area contributed by atoms with Crippen LogP contribution in [0.25, 0.3) is 11.2 Å². The lowest BCUT2D eigenvalue weighted by molar-refractivity contribution is -0.121. The van der Waals surface area contributed by atoms with E-state index in [-0.39, 0.29) is 17.2 Å². The number of nitrogens with zero attached hydrogens (tertiary/aromatic N) is 4. The topological polar surface area (TPSA) is 90.9 Å². The SMILES string of the molecule is CCCCCCCCCCCC(=O)NCCCCCCCCCCCn1c(=O)c2c(ncn2C)n(C)c1=O. The fraction of sp³-hybridized carbons (Fsp3) is 0.800. The average molecular weight is 532 g/mol. The van der Waals surface area contributed by atoms with E-state index >= 15 is 0 Å². The fourth-order valence-electron chi connectivity index (χ4n) is 5.14.